The standard InChI is InChI=1S/C23H18ClN3O4S/c1-26-12-16(13-4-2-5-15(10-13)27(30)31)20(21(28)19-6-3-9-32-19)23(26)17-11-14(24)7-8-18(17)25-22(23)29/h2-11,16,20H,12H2,1H3,(H,25,29)/t16-,20?,23-/m1/s1. The highest BCUT2D eigenvalue weighted by Gasteiger charge is 2.64. The second-order valence-electron chi connectivity index (χ2n) is 8.07. The van der Waals surface area contributed by atoms with E-state index in [0.717, 1.165) is 0 Å². The van der Waals surface area contributed by atoms with Gasteiger partial charge in [-0.1, -0.05) is 29.8 Å². The van der Waals surface area contributed by atoms with Crippen LogP contribution in [0.5, 0.6) is 0 Å². The van der Waals surface area contributed by atoms with Crippen molar-refractivity contribution in [1.82, 2.24) is 4.90 Å². The molecule has 3 atom stereocenters. The van der Waals surface area contributed by atoms with Crippen LogP contribution in [0.15, 0.2) is 60.0 Å². The van der Waals surface area contributed by atoms with Crippen molar-refractivity contribution in [3.8, 4) is 0 Å². The van der Waals surface area contributed by atoms with Gasteiger partial charge in [0.05, 0.1) is 15.7 Å². The maximum atomic E-state index is 13.9. The summed E-state index contributed by atoms with van der Waals surface area (Å²) in [5.41, 5.74) is 0.612. The number of non-ortho nitro benzene ring substituents is 1. The second-order valence-corrected chi connectivity index (χ2v) is 9.45. The smallest absolute Gasteiger partial charge is 0.269 e. The van der Waals surface area contributed by atoms with Gasteiger partial charge in [-0.05, 0) is 42.3 Å². The molecule has 0 radical (unpaired) electrons. The molecule has 1 aromatic heterocycles. The third-order valence-electron chi connectivity index (χ3n) is 6.47. The van der Waals surface area contributed by atoms with Crippen LogP contribution in [0.2, 0.25) is 5.02 Å². The SMILES string of the molecule is CN1C[C@H](c2cccc([N+](=O)[O-])c2)C(C(=O)c2cccs2)[C@]12C(=O)Nc1ccc(Cl)cc12. The number of hydrogen-bond donors (Lipinski definition) is 1. The number of rotatable bonds is 4. The third-order valence-corrected chi connectivity index (χ3v) is 7.59. The number of nitro benzene ring substituents is 1. The zero-order valence-electron chi connectivity index (χ0n) is 16.9. The molecule has 1 amide bonds. The summed E-state index contributed by atoms with van der Waals surface area (Å²) in [6.45, 7) is 0.377. The van der Waals surface area contributed by atoms with Crippen LogP contribution in [0.3, 0.4) is 0 Å². The second kappa shape index (κ2) is 7.51. The number of ketones is 1. The van der Waals surface area contributed by atoms with Crippen molar-refractivity contribution in [2.45, 2.75) is 11.5 Å². The summed E-state index contributed by atoms with van der Waals surface area (Å²) in [5.74, 6) is -1.66. The van der Waals surface area contributed by atoms with Crippen LogP contribution in [-0.4, -0.2) is 35.1 Å². The van der Waals surface area contributed by atoms with E-state index in [1.165, 1.54) is 23.5 Å². The molecular formula is C23H18ClN3O4S. The summed E-state index contributed by atoms with van der Waals surface area (Å²) in [7, 11) is 1.81. The average molecular weight is 468 g/mol. The van der Waals surface area contributed by atoms with Crippen LogP contribution >= 0.6 is 22.9 Å². The molecule has 3 heterocycles. The topological polar surface area (TPSA) is 92.5 Å². The fraction of sp³-hybridized carbons (Fsp3) is 0.217. The van der Waals surface area contributed by atoms with E-state index in [9.17, 15) is 19.7 Å². The summed E-state index contributed by atoms with van der Waals surface area (Å²) < 4.78 is 0. The number of carbonyl (C=O) groups is 2. The maximum absolute atomic E-state index is 13.9. The Morgan fingerprint density at radius 2 is 2.06 bits per heavy atom. The summed E-state index contributed by atoms with van der Waals surface area (Å²) in [6, 6.07) is 15.0. The number of hydrogen-bond acceptors (Lipinski definition) is 6. The van der Waals surface area contributed by atoms with E-state index in [2.05, 4.69) is 5.32 Å². The lowest BCUT2D eigenvalue weighted by atomic mass is 9.71. The first kappa shape index (κ1) is 20.8. The predicted molar refractivity (Wildman–Crippen MR) is 122 cm³/mol. The molecule has 1 fully saturated rings. The highest BCUT2D eigenvalue weighted by molar-refractivity contribution is 7.12. The van der Waals surface area contributed by atoms with Gasteiger partial charge in [-0.25, -0.2) is 0 Å². The number of fused-ring (bicyclic) bond motifs is 2. The lowest BCUT2D eigenvalue weighted by Crippen LogP contribution is -2.51. The minimum absolute atomic E-state index is 0.0484. The third kappa shape index (κ3) is 2.91. The lowest BCUT2D eigenvalue weighted by Gasteiger charge is -2.35. The number of amides is 1. The van der Waals surface area contributed by atoms with Crippen LogP contribution in [0, 0.1) is 16.0 Å². The normalized spacial score (nSPS) is 24.5. The first-order chi connectivity index (χ1) is 15.3. The van der Waals surface area contributed by atoms with Gasteiger partial charge in [0.15, 0.2) is 5.78 Å². The van der Waals surface area contributed by atoms with Gasteiger partial charge in [-0.2, -0.15) is 0 Å². The van der Waals surface area contributed by atoms with Crippen molar-refractivity contribution in [2.24, 2.45) is 5.92 Å². The van der Waals surface area contributed by atoms with Crippen LogP contribution in [0.4, 0.5) is 11.4 Å². The molecule has 162 valence electrons. The molecule has 1 N–H and O–H groups in total. The number of likely N-dealkylation sites (N-methyl/N-ethyl adjacent to an activating group) is 1. The number of benzene rings is 2. The monoisotopic (exact) mass is 467 g/mol. The van der Waals surface area contributed by atoms with Gasteiger partial charge in [0, 0.05) is 40.9 Å². The van der Waals surface area contributed by atoms with Gasteiger partial charge in [0.1, 0.15) is 5.54 Å². The van der Waals surface area contributed by atoms with Crippen molar-refractivity contribution in [3.63, 3.8) is 0 Å². The average Bonchev–Trinajstić information content (AvgIpc) is 3.47. The van der Waals surface area contributed by atoms with E-state index >= 15 is 0 Å². The Balaban J connectivity index is 1.74. The molecule has 32 heavy (non-hydrogen) atoms. The summed E-state index contributed by atoms with van der Waals surface area (Å²) in [6.07, 6.45) is 0. The van der Waals surface area contributed by atoms with Crippen LogP contribution in [0.1, 0.15) is 26.7 Å². The minimum Gasteiger partial charge on any atom is -0.324 e. The first-order valence-electron chi connectivity index (χ1n) is 9.99. The lowest BCUT2D eigenvalue weighted by molar-refractivity contribution is -0.384. The molecule has 1 spiro atoms. The molecule has 1 saturated heterocycles. The molecule has 9 heteroatoms. The molecule has 0 aliphatic carbocycles. The van der Waals surface area contributed by atoms with E-state index in [-0.39, 0.29) is 17.4 Å². The molecule has 2 aliphatic heterocycles. The van der Waals surface area contributed by atoms with Crippen LogP contribution in [0.25, 0.3) is 0 Å². The minimum atomic E-state index is -1.27. The van der Waals surface area contributed by atoms with Gasteiger partial charge < -0.3 is 5.32 Å². The first-order valence-corrected chi connectivity index (χ1v) is 11.2. The van der Waals surface area contributed by atoms with Crippen LogP contribution < -0.4 is 5.32 Å². The van der Waals surface area contributed by atoms with Gasteiger partial charge >= 0.3 is 0 Å². The fourth-order valence-corrected chi connectivity index (χ4v) is 6.03. The number of nitrogens with one attached hydrogen (secondary N) is 1. The van der Waals surface area contributed by atoms with E-state index < -0.39 is 22.3 Å². The van der Waals surface area contributed by atoms with E-state index in [1.807, 2.05) is 17.3 Å². The highest BCUT2D eigenvalue weighted by Crippen LogP contribution is 2.56. The number of thiophene rings is 1. The zero-order chi connectivity index (χ0) is 22.6. The molecule has 0 bridgehead atoms. The van der Waals surface area contributed by atoms with E-state index in [0.29, 0.717) is 33.3 Å². The number of Topliss-reactive ketones (excluding diaryl/α,β-unsaturated/α-hetero) is 1. The Kier molecular flexibility index (Phi) is 4.88. The number of halogens is 1. The van der Waals surface area contributed by atoms with E-state index in [4.69, 9.17) is 11.6 Å². The van der Waals surface area contributed by atoms with Gasteiger partial charge in [-0.15, -0.1) is 11.3 Å². The summed E-state index contributed by atoms with van der Waals surface area (Å²) in [5, 5.41) is 16.6. The zero-order valence-corrected chi connectivity index (χ0v) is 18.5. The maximum Gasteiger partial charge on any atom is 0.269 e. The molecule has 3 aromatic rings. The van der Waals surface area contributed by atoms with Gasteiger partial charge in [0.2, 0.25) is 5.91 Å². The Morgan fingerprint density at radius 3 is 2.78 bits per heavy atom. The van der Waals surface area contributed by atoms with Crippen LogP contribution in [-0.2, 0) is 10.3 Å². The highest BCUT2D eigenvalue weighted by atomic mass is 35.5. The van der Waals surface area contributed by atoms with Crippen molar-refractivity contribution in [1.29, 1.82) is 0 Å². The number of anilines is 1. The molecule has 5 rings (SSSR count). The van der Waals surface area contributed by atoms with Crippen molar-refractivity contribution in [3.05, 3.63) is 91.1 Å². The van der Waals surface area contributed by atoms with Crippen molar-refractivity contribution >= 4 is 46.0 Å². The Hall–Kier alpha value is -3.07. The molecule has 2 aliphatic rings. The molecular weight excluding hydrogens is 450 g/mol. The summed E-state index contributed by atoms with van der Waals surface area (Å²) >= 11 is 7.62. The number of likely N-dealkylation sites (tertiary alicyclic amines) is 1. The molecule has 7 nitrogen and oxygen atoms in total. The fourth-order valence-electron chi connectivity index (χ4n) is 5.15. The molecule has 1 unspecified atom stereocenters. The number of nitro groups is 1. The number of nitrogens with zero attached hydrogens (tertiary/aromatic N) is 2. The summed E-state index contributed by atoms with van der Waals surface area (Å²) in [4.78, 5) is 40.8. The van der Waals surface area contributed by atoms with Crippen molar-refractivity contribution < 1.29 is 14.5 Å². The predicted octanol–water partition coefficient (Wildman–Crippen LogP) is 4.69. The van der Waals surface area contributed by atoms with Crippen molar-refractivity contribution in [2.75, 3.05) is 18.9 Å². The Morgan fingerprint density at radius 1 is 1.25 bits per heavy atom. The van der Waals surface area contributed by atoms with Gasteiger partial charge in [0.25, 0.3) is 5.69 Å². The Labute approximate surface area is 192 Å². The molecule has 2 aromatic carbocycles. The van der Waals surface area contributed by atoms with Gasteiger partial charge in [-0.3, -0.25) is 24.6 Å². The largest absolute Gasteiger partial charge is 0.324 e. The number of carbonyl (C=O) groups excluding carboxylic acids is 2. The Bertz CT molecular complexity index is 1260. The molecule has 0 saturated carbocycles. The quantitative estimate of drug-likeness (QED) is 0.341. The van der Waals surface area contributed by atoms with E-state index in [1.54, 1.807) is 42.5 Å².